The van der Waals surface area contributed by atoms with Gasteiger partial charge in [0, 0.05) is 18.0 Å². The Bertz CT molecular complexity index is 1320. The van der Waals surface area contributed by atoms with Crippen LogP contribution in [-0.4, -0.2) is 13.4 Å². The lowest BCUT2D eigenvalue weighted by atomic mass is 10.0. The van der Waals surface area contributed by atoms with Crippen molar-refractivity contribution in [2.75, 3.05) is 5.32 Å². The predicted molar refractivity (Wildman–Crippen MR) is 111 cm³/mol. The maximum absolute atomic E-state index is 13.0. The van der Waals surface area contributed by atoms with Crippen LogP contribution in [0, 0.1) is 0 Å². The van der Waals surface area contributed by atoms with Gasteiger partial charge in [-0.1, -0.05) is 36.4 Å². The zero-order valence-corrected chi connectivity index (χ0v) is 16.1. The van der Waals surface area contributed by atoms with Gasteiger partial charge in [0.05, 0.1) is 21.2 Å². The molecule has 0 saturated heterocycles. The maximum atomic E-state index is 13.0. The highest BCUT2D eigenvalue weighted by atomic mass is 32.2. The van der Waals surface area contributed by atoms with E-state index in [1.54, 1.807) is 36.5 Å². The second-order valence-electron chi connectivity index (χ2n) is 6.62. The summed E-state index contributed by atoms with van der Waals surface area (Å²) in [4.78, 5) is 4.32. The molecule has 5 rings (SSSR count). The molecule has 1 N–H and O–H groups in total. The number of nitrogens with one attached hydrogen (secondary N) is 1. The number of aromatic nitrogens is 1. The maximum Gasteiger partial charge on any atom is 0.208 e. The number of sulfone groups is 1. The zero-order chi connectivity index (χ0) is 19.8. The average molecular weight is 400 g/mol. The van der Waals surface area contributed by atoms with Gasteiger partial charge in [0.1, 0.15) is 0 Å². The molecule has 6 heteroatoms. The van der Waals surface area contributed by atoms with Gasteiger partial charge in [0.25, 0.3) is 0 Å². The Hall–Kier alpha value is -3.64. The van der Waals surface area contributed by atoms with Gasteiger partial charge in [-0.05, 0) is 48.0 Å². The molecular weight excluding hydrogens is 384 g/mol. The Morgan fingerprint density at radius 2 is 1.59 bits per heavy atom. The normalized spacial score (nSPS) is 12.3. The van der Waals surface area contributed by atoms with Crippen LogP contribution < -0.4 is 10.1 Å². The van der Waals surface area contributed by atoms with Crippen LogP contribution >= 0.6 is 0 Å². The number of anilines is 2. The minimum Gasteiger partial charge on any atom is -0.453 e. The number of pyridine rings is 1. The van der Waals surface area contributed by atoms with Gasteiger partial charge < -0.3 is 10.1 Å². The fraction of sp³-hybridized carbons (Fsp3) is 0. The van der Waals surface area contributed by atoms with Crippen molar-refractivity contribution < 1.29 is 13.2 Å². The Morgan fingerprint density at radius 1 is 0.793 bits per heavy atom. The molecule has 1 aromatic heterocycles. The molecule has 1 aliphatic rings. The smallest absolute Gasteiger partial charge is 0.208 e. The van der Waals surface area contributed by atoms with E-state index in [2.05, 4.69) is 10.3 Å². The summed E-state index contributed by atoms with van der Waals surface area (Å²) in [6, 6.07) is 23.5. The van der Waals surface area contributed by atoms with E-state index in [1.807, 2.05) is 48.5 Å². The van der Waals surface area contributed by atoms with Crippen LogP contribution in [0.15, 0.2) is 101 Å². The molecule has 5 nitrogen and oxygen atoms in total. The van der Waals surface area contributed by atoms with E-state index in [4.69, 9.17) is 4.74 Å². The van der Waals surface area contributed by atoms with Crippen molar-refractivity contribution in [3.8, 4) is 22.6 Å². The number of fused-ring (bicyclic) bond motifs is 2. The quantitative estimate of drug-likeness (QED) is 0.437. The fourth-order valence-corrected chi connectivity index (χ4v) is 4.64. The summed E-state index contributed by atoms with van der Waals surface area (Å²) in [6.45, 7) is 0. The number of hydrogen-bond donors (Lipinski definition) is 1. The summed E-state index contributed by atoms with van der Waals surface area (Å²) < 4.78 is 32.0. The van der Waals surface area contributed by atoms with Crippen LogP contribution in [0.3, 0.4) is 0 Å². The van der Waals surface area contributed by atoms with Gasteiger partial charge in [0.15, 0.2) is 11.5 Å². The van der Waals surface area contributed by atoms with Gasteiger partial charge in [-0.2, -0.15) is 0 Å². The Kier molecular flexibility index (Phi) is 4.07. The highest BCUT2D eigenvalue weighted by Gasteiger charge is 2.22. The topological polar surface area (TPSA) is 68.3 Å². The SMILES string of the molecule is O=S(=O)(c1cccnc1)c1cccc(-c2cccc3c2Nc2ccccc2O3)c1. The van der Waals surface area contributed by atoms with Crippen LogP contribution in [0.25, 0.3) is 11.1 Å². The highest BCUT2D eigenvalue weighted by Crippen LogP contribution is 2.46. The molecule has 0 saturated carbocycles. The summed E-state index contributed by atoms with van der Waals surface area (Å²) in [5.41, 5.74) is 3.32. The zero-order valence-electron chi connectivity index (χ0n) is 15.2. The van der Waals surface area contributed by atoms with E-state index in [1.165, 1.54) is 6.20 Å². The molecule has 3 aromatic carbocycles. The van der Waals surface area contributed by atoms with Gasteiger partial charge in [-0.15, -0.1) is 0 Å². The standard InChI is InChI=1S/C23H16N2O3S/c26-29(27,18-8-5-13-24-15-18)17-7-3-6-16(14-17)19-9-4-12-22-23(19)25-20-10-1-2-11-21(20)28-22/h1-15,25H. The average Bonchev–Trinajstić information content (AvgIpc) is 2.78. The second-order valence-corrected chi connectivity index (χ2v) is 8.57. The van der Waals surface area contributed by atoms with Crippen LogP contribution in [0.1, 0.15) is 0 Å². The lowest BCUT2D eigenvalue weighted by Crippen LogP contribution is -2.05. The van der Waals surface area contributed by atoms with Crippen molar-refractivity contribution in [2.24, 2.45) is 0 Å². The predicted octanol–water partition coefficient (Wildman–Crippen LogP) is 5.43. The first kappa shape index (κ1) is 17.5. The first-order chi connectivity index (χ1) is 14.1. The molecular formula is C23H16N2O3S. The van der Waals surface area contributed by atoms with Crippen LogP contribution in [0.2, 0.25) is 0 Å². The largest absolute Gasteiger partial charge is 0.453 e. The Morgan fingerprint density at radius 3 is 2.45 bits per heavy atom. The van der Waals surface area contributed by atoms with E-state index in [0.717, 1.165) is 28.3 Å². The molecule has 0 spiro atoms. The summed E-state index contributed by atoms with van der Waals surface area (Å²) in [6.07, 6.45) is 2.91. The van der Waals surface area contributed by atoms with E-state index < -0.39 is 9.84 Å². The van der Waals surface area contributed by atoms with Gasteiger partial charge in [-0.3, -0.25) is 4.98 Å². The second kappa shape index (κ2) is 6.76. The third-order valence-corrected chi connectivity index (χ3v) is 6.53. The lowest BCUT2D eigenvalue weighted by molar-refractivity contribution is 0.481. The Labute approximate surface area is 168 Å². The number of para-hydroxylation sites is 3. The number of hydrogen-bond acceptors (Lipinski definition) is 5. The van der Waals surface area contributed by atoms with Crippen molar-refractivity contribution in [1.29, 1.82) is 0 Å². The van der Waals surface area contributed by atoms with Gasteiger partial charge >= 0.3 is 0 Å². The molecule has 0 aliphatic carbocycles. The minimum absolute atomic E-state index is 0.169. The number of benzene rings is 3. The molecule has 1 aliphatic heterocycles. The van der Waals surface area contributed by atoms with Gasteiger partial charge in [0.2, 0.25) is 9.84 Å². The molecule has 2 heterocycles. The molecule has 0 fully saturated rings. The van der Waals surface area contributed by atoms with E-state index >= 15 is 0 Å². The lowest BCUT2D eigenvalue weighted by Gasteiger charge is -2.24. The Balaban J connectivity index is 1.60. The van der Waals surface area contributed by atoms with Crippen LogP contribution in [0.4, 0.5) is 11.4 Å². The fourth-order valence-electron chi connectivity index (χ4n) is 3.37. The molecule has 0 radical (unpaired) electrons. The molecule has 0 bridgehead atoms. The summed E-state index contributed by atoms with van der Waals surface area (Å²) >= 11 is 0. The van der Waals surface area contributed by atoms with Crippen molar-refractivity contribution in [3.05, 3.63) is 91.3 Å². The van der Waals surface area contributed by atoms with Crippen LogP contribution in [-0.2, 0) is 9.84 Å². The number of rotatable bonds is 3. The highest BCUT2D eigenvalue weighted by molar-refractivity contribution is 7.91. The van der Waals surface area contributed by atoms with E-state index in [9.17, 15) is 8.42 Å². The summed E-state index contributed by atoms with van der Waals surface area (Å²) in [7, 11) is -3.65. The molecule has 0 atom stereocenters. The first-order valence-corrected chi connectivity index (χ1v) is 10.5. The molecule has 0 unspecified atom stereocenters. The monoisotopic (exact) mass is 400 g/mol. The molecule has 4 aromatic rings. The van der Waals surface area contributed by atoms with Crippen LogP contribution in [0.5, 0.6) is 11.5 Å². The third kappa shape index (κ3) is 3.03. The third-order valence-electron chi connectivity index (χ3n) is 4.79. The molecule has 0 amide bonds. The molecule has 29 heavy (non-hydrogen) atoms. The number of ether oxygens (including phenoxy) is 1. The number of nitrogens with zero attached hydrogens (tertiary/aromatic N) is 1. The minimum atomic E-state index is -3.65. The van der Waals surface area contributed by atoms with E-state index in [0.29, 0.717) is 5.75 Å². The molecule has 142 valence electrons. The van der Waals surface area contributed by atoms with E-state index in [-0.39, 0.29) is 9.79 Å². The summed E-state index contributed by atoms with van der Waals surface area (Å²) in [5, 5.41) is 3.41. The first-order valence-electron chi connectivity index (χ1n) is 9.05. The van der Waals surface area contributed by atoms with Crippen molar-refractivity contribution in [1.82, 2.24) is 4.98 Å². The van der Waals surface area contributed by atoms with Gasteiger partial charge in [-0.25, -0.2) is 8.42 Å². The van der Waals surface area contributed by atoms with Crippen molar-refractivity contribution >= 4 is 21.2 Å². The van der Waals surface area contributed by atoms with Crippen molar-refractivity contribution in [3.63, 3.8) is 0 Å². The summed E-state index contributed by atoms with van der Waals surface area (Å²) in [5.74, 6) is 1.45. The van der Waals surface area contributed by atoms with Crippen molar-refractivity contribution in [2.45, 2.75) is 9.79 Å².